The molecule has 62 valence electrons. The van der Waals surface area contributed by atoms with Crippen molar-refractivity contribution in [3.63, 3.8) is 0 Å². The van der Waals surface area contributed by atoms with Gasteiger partial charge >= 0.3 is 0 Å². The third-order valence-corrected chi connectivity index (χ3v) is 2.32. The van der Waals surface area contributed by atoms with E-state index in [9.17, 15) is 0 Å². The van der Waals surface area contributed by atoms with Gasteiger partial charge in [0.05, 0.1) is 6.26 Å². The lowest BCUT2D eigenvalue weighted by Gasteiger charge is -1.95. The number of fused-ring (bicyclic) bond motifs is 3. The van der Waals surface area contributed by atoms with Crippen LogP contribution in [0, 0.1) is 0 Å². The molecule has 1 heteroatoms. The van der Waals surface area contributed by atoms with Crippen molar-refractivity contribution in [2.24, 2.45) is 0 Å². The molecule has 2 aliphatic rings. The van der Waals surface area contributed by atoms with Crippen LogP contribution in [0.2, 0.25) is 0 Å². The Kier molecular flexibility index (Phi) is 1.22. The van der Waals surface area contributed by atoms with E-state index in [0.29, 0.717) is 0 Å². The third-order valence-electron chi connectivity index (χ3n) is 2.32. The van der Waals surface area contributed by atoms with Gasteiger partial charge in [0.15, 0.2) is 0 Å². The van der Waals surface area contributed by atoms with Gasteiger partial charge in [0.2, 0.25) is 0 Å². The maximum Gasteiger partial charge on any atom is 0.141 e. The van der Waals surface area contributed by atoms with Crippen molar-refractivity contribution >= 4 is 10.8 Å². The van der Waals surface area contributed by atoms with Gasteiger partial charge in [-0.05, 0) is 23.6 Å². The molecule has 1 nitrogen and oxygen atoms in total. The van der Waals surface area contributed by atoms with Gasteiger partial charge in [0, 0.05) is 10.9 Å². The molecule has 0 radical (unpaired) electrons. The van der Waals surface area contributed by atoms with Crippen molar-refractivity contribution < 1.29 is 4.42 Å². The molecule has 3 rings (SSSR count). The van der Waals surface area contributed by atoms with Crippen molar-refractivity contribution in [2.75, 3.05) is 0 Å². The number of benzene rings is 1. The minimum absolute atomic E-state index is 0.984. The Balaban J connectivity index is 2.56. The maximum absolute atomic E-state index is 5.46. The van der Waals surface area contributed by atoms with Gasteiger partial charge in [-0.15, -0.1) is 0 Å². The second-order valence-electron chi connectivity index (χ2n) is 3.13. The second-order valence-corrected chi connectivity index (χ2v) is 3.13. The summed E-state index contributed by atoms with van der Waals surface area (Å²) in [6.45, 7) is 0. The zero-order valence-electron chi connectivity index (χ0n) is 7.03. The Bertz CT molecular complexity index is 522. The summed E-state index contributed by atoms with van der Waals surface area (Å²) in [4.78, 5) is 0. The minimum atomic E-state index is 0.984. The average Bonchev–Trinajstić information content (AvgIpc) is 2.56. The van der Waals surface area contributed by atoms with Crippen LogP contribution in [0.4, 0.5) is 0 Å². The van der Waals surface area contributed by atoms with E-state index in [1.54, 1.807) is 6.26 Å². The molecule has 1 aromatic rings. The third kappa shape index (κ3) is 0.872. The van der Waals surface area contributed by atoms with Crippen LogP contribution in [-0.4, -0.2) is 0 Å². The van der Waals surface area contributed by atoms with Crippen LogP contribution in [0.15, 0.2) is 53.1 Å². The number of rotatable bonds is 0. The number of hydrogen-bond acceptors (Lipinski definition) is 1. The fourth-order valence-corrected chi connectivity index (χ4v) is 1.72. The average molecular weight is 168 g/mol. The first-order valence-corrected chi connectivity index (χ1v) is 4.30. The van der Waals surface area contributed by atoms with Crippen molar-refractivity contribution in [3.05, 3.63) is 48.7 Å². The van der Waals surface area contributed by atoms with E-state index in [4.69, 9.17) is 4.42 Å². The first kappa shape index (κ1) is 6.72. The summed E-state index contributed by atoms with van der Waals surface area (Å²) in [7, 11) is 0. The van der Waals surface area contributed by atoms with Crippen molar-refractivity contribution in [2.45, 2.75) is 0 Å². The van der Waals surface area contributed by atoms with Crippen LogP contribution in [0.25, 0.3) is 22.1 Å². The molecule has 0 saturated heterocycles. The smallest absolute Gasteiger partial charge is 0.141 e. The Hall–Kier alpha value is -1.76. The number of hydrogen-bond donors (Lipinski definition) is 0. The van der Waals surface area contributed by atoms with Crippen LogP contribution in [-0.2, 0) is 0 Å². The molecule has 1 aliphatic heterocycles. The molecule has 0 fully saturated rings. The summed E-state index contributed by atoms with van der Waals surface area (Å²) in [6, 6.07) is 14.4. The van der Waals surface area contributed by atoms with Gasteiger partial charge < -0.3 is 4.42 Å². The summed E-state index contributed by atoms with van der Waals surface area (Å²) in [5.74, 6) is 0.984. The predicted molar refractivity (Wildman–Crippen MR) is 52.8 cm³/mol. The molecule has 0 spiro atoms. The van der Waals surface area contributed by atoms with Crippen molar-refractivity contribution in [1.29, 1.82) is 0 Å². The lowest BCUT2D eigenvalue weighted by molar-refractivity contribution is 0.571. The van der Waals surface area contributed by atoms with Crippen LogP contribution in [0.5, 0.6) is 0 Å². The minimum Gasteiger partial charge on any atom is -0.464 e. The molecule has 0 bridgehead atoms. The lowest BCUT2D eigenvalue weighted by atomic mass is 10.2. The highest BCUT2D eigenvalue weighted by atomic mass is 16.3. The summed E-state index contributed by atoms with van der Waals surface area (Å²) in [5, 5.41) is 2.44. The van der Waals surface area contributed by atoms with Gasteiger partial charge in [-0.2, -0.15) is 0 Å². The fourth-order valence-electron chi connectivity index (χ4n) is 1.72. The molecule has 0 atom stereocenters. The van der Waals surface area contributed by atoms with Crippen molar-refractivity contribution in [1.82, 2.24) is 0 Å². The van der Waals surface area contributed by atoms with Crippen LogP contribution in [0.1, 0.15) is 0 Å². The molecule has 0 aromatic heterocycles. The van der Waals surface area contributed by atoms with E-state index in [1.165, 1.54) is 16.3 Å². The molecule has 0 amide bonds. The molecular weight excluding hydrogens is 160 g/mol. The van der Waals surface area contributed by atoms with Crippen molar-refractivity contribution in [3.8, 4) is 11.3 Å². The summed E-state index contributed by atoms with van der Waals surface area (Å²) in [5.41, 5.74) is 1.17. The van der Waals surface area contributed by atoms with Crippen LogP contribution in [0.3, 0.4) is 0 Å². The van der Waals surface area contributed by atoms with Gasteiger partial charge in [0.1, 0.15) is 5.76 Å². The van der Waals surface area contributed by atoms with E-state index >= 15 is 0 Å². The Labute approximate surface area is 75.9 Å². The topological polar surface area (TPSA) is 13.1 Å². The summed E-state index contributed by atoms with van der Waals surface area (Å²) in [6.07, 6.45) is 1.72. The second kappa shape index (κ2) is 2.36. The molecule has 1 aliphatic carbocycles. The monoisotopic (exact) mass is 168 g/mol. The highest BCUT2D eigenvalue weighted by molar-refractivity contribution is 5.99. The summed E-state index contributed by atoms with van der Waals surface area (Å²) < 4.78 is 5.46. The fraction of sp³-hybridized carbons (Fsp3) is 0. The molecular formula is C12H8O. The van der Waals surface area contributed by atoms with E-state index in [0.717, 1.165) is 5.76 Å². The first-order valence-electron chi connectivity index (χ1n) is 4.30. The van der Waals surface area contributed by atoms with E-state index in [-0.39, 0.29) is 0 Å². The van der Waals surface area contributed by atoms with Gasteiger partial charge in [-0.25, -0.2) is 0 Å². The van der Waals surface area contributed by atoms with Gasteiger partial charge in [0.25, 0.3) is 0 Å². The standard InChI is InChI=1S/C12H8O/c1-2-6-11-9(4-1)8-10-5-3-7-13-12(10)11/h1-8H. The Morgan fingerprint density at radius 3 is 2.85 bits per heavy atom. The molecule has 1 heterocycles. The molecule has 0 saturated carbocycles. The van der Waals surface area contributed by atoms with E-state index < -0.39 is 0 Å². The summed E-state index contributed by atoms with van der Waals surface area (Å²) >= 11 is 0. The molecule has 13 heavy (non-hydrogen) atoms. The quantitative estimate of drug-likeness (QED) is 0.500. The van der Waals surface area contributed by atoms with E-state index in [1.807, 2.05) is 18.2 Å². The first-order chi connectivity index (χ1) is 6.45. The molecule has 0 unspecified atom stereocenters. The van der Waals surface area contributed by atoms with Gasteiger partial charge in [-0.1, -0.05) is 24.3 Å². The zero-order valence-corrected chi connectivity index (χ0v) is 7.03. The molecule has 0 N–H and O–H groups in total. The Morgan fingerprint density at radius 2 is 1.85 bits per heavy atom. The highest BCUT2D eigenvalue weighted by Crippen LogP contribution is 2.33. The van der Waals surface area contributed by atoms with E-state index in [2.05, 4.69) is 24.3 Å². The normalized spacial score (nSPS) is 11.1. The lowest BCUT2D eigenvalue weighted by Crippen LogP contribution is -1.70. The Morgan fingerprint density at radius 1 is 0.923 bits per heavy atom. The molecule has 1 aromatic carbocycles. The zero-order chi connectivity index (χ0) is 8.67. The largest absolute Gasteiger partial charge is 0.464 e. The highest BCUT2D eigenvalue weighted by Gasteiger charge is 2.09. The maximum atomic E-state index is 5.46. The SMILES string of the molecule is c1coc2c3ccccc3cc-2c1. The predicted octanol–water partition coefficient (Wildman–Crippen LogP) is 3.54. The van der Waals surface area contributed by atoms with Crippen LogP contribution >= 0.6 is 0 Å². The van der Waals surface area contributed by atoms with Gasteiger partial charge in [-0.3, -0.25) is 0 Å². The van der Waals surface area contributed by atoms with Crippen LogP contribution < -0.4 is 0 Å².